The third kappa shape index (κ3) is 3.02. The van der Waals surface area contributed by atoms with Gasteiger partial charge < -0.3 is 14.6 Å². The molecule has 1 saturated carbocycles. The molecule has 2 fully saturated rings. The van der Waals surface area contributed by atoms with Gasteiger partial charge in [-0.05, 0) is 49.1 Å². The maximum atomic E-state index is 15.3. The number of aromatic nitrogens is 5. The number of H-pyrrole nitrogens is 1. The summed E-state index contributed by atoms with van der Waals surface area (Å²) in [4.78, 5) is 24.8. The number of fused-ring (bicyclic) bond motifs is 2. The Hall–Kier alpha value is -3.46. The maximum Gasteiger partial charge on any atom is 0.259 e. The summed E-state index contributed by atoms with van der Waals surface area (Å²) >= 11 is 6.26. The molecule has 4 aromatic rings. The molecule has 1 N–H and O–H groups in total. The number of carbonyl (C=O) groups excluding carboxylic acids is 1. The first-order valence-electron chi connectivity index (χ1n) is 10.7. The molecule has 168 valence electrons. The van der Waals surface area contributed by atoms with Gasteiger partial charge in [-0.25, -0.2) is 9.37 Å². The van der Waals surface area contributed by atoms with Crippen molar-refractivity contribution in [3.05, 3.63) is 64.5 Å². The van der Waals surface area contributed by atoms with E-state index in [4.69, 9.17) is 21.3 Å². The monoisotopic (exact) mass is 466 g/mol. The summed E-state index contributed by atoms with van der Waals surface area (Å²) in [6.45, 7) is 2.39. The van der Waals surface area contributed by atoms with Gasteiger partial charge >= 0.3 is 0 Å². The van der Waals surface area contributed by atoms with E-state index < -0.39 is 11.7 Å². The van der Waals surface area contributed by atoms with Crippen LogP contribution in [0.2, 0.25) is 5.02 Å². The van der Waals surface area contributed by atoms with Crippen LogP contribution in [0.1, 0.15) is 34.1 Å². The van der Waals surface area contributed by atoms with Crippen LogP contribution in [-0.4, -0.2) is 55.5 Å². The third-order valence-electron chi connectivity index (χ3n) is 6.74. The second kappa shape index (κ2) is 7.28. The minimum atomic E-state index is -0.716. The first-order chi connectivity index (χ1) is 16.0. The number of piperidine rings is 1. The van der Waals surface area contributed by atoms with E-state index in [0.717, 1.165) is 28.8 Å². The van der Waals surface area contributed by atoms with Crippen LogP contribution in [0.3, 0.4) is 0 Å². The summed E-state index contributed by atoms with van der Waals surface area (Å²) in [5, 5.41) is 8.84. The highest BCUT2D eigenvalue weighted by Crippen LogP contribution is 2.53. The van der Waals surface area contributed by atoms with Crippen LogP contribution >= 0.6 is 11.6 Å². The topological polar surface area (TPSA) is 88.9 Å². The number of likely N-dealkylation sites (tertiary alicyclic amines) is 1. The van der Waals surface area contributed by atoms with Gasteiger partial charge in [0.15, 0.2) is 11.6 Å². The largest absolute Gasteiger partial charge is 0.494 e. The fourth-order valence-electron chi connectivity index (χ4n) is 4.94. The van der Waals surface area contributed by atoms with Crippen molar-refractivity contribution in [3.8, 4) is 11.4 Å². The predicted molar refractivity (Wildman–Crippen MR) is 119 cm³/mol. The lowest BCUT2D eigenvalue weighted by atomic mass is 10.1. The van der Waals surface area contributed by atoms with Gasteiger partial charge in [-0.15, -0.1) is 0 Å². The molecule has 2 aromatic carbocycles. The highest BCUT2D eigenvalue weighted by atomic mass is 35.5. The first kappa shape index (κ1) is 20.2. The van der Waals surface area contributed by atoms with Gasteiger partial charge in [-0.1, -0.05) is 11.6 Å². The highest BCUT2D eigenvalue weighted by molar-refractivity contribution is 6.32. The number of ether oxygens (including phenoxy) is 1. The average molecular weight is 467 g/mol. The van der Waals surface area contributed by atoms with Gasteiger partial charge in [0.2, 0.25) is 0 Å². The Bertz CT molecular complexity index is 1400. The van der Waals surface area contributed by atoms with Crippen molar-refractivity contribution in [2.75, 3.05) is 13.7 Å². The summed E-state index contributed by atoms with van der Waals surface area (Å²) in [6, 6.07) is 6.88. The number of nitrogens with one attached hydrogen (secondary N) is 1. The van der Waals surface area contributed by atoms with Crippen LogP contribution < -0.4 is 4.74 Å². The summed E-state index contributed by atoms with van der Waals surface area (Å²) in [7, 11) is 1.37. The standard InChI is InChI=1S/C23H20ClFN6O2/c1-11-14(24)3-4-15-21(11)29-22(28-15)13-10-30(17-9-12(13)17)23(32)19-16(31-26-7-8-27-31)5-6-18(33-2)20(19)25/h3-8,12-13,17H,9-10H2,1-2H3,(H,28,29)/t12-,13?,17+/m1/s1. The molecule has 1 unspecified atom stereocenters. The van der Waals surface area contributed by atoms with Crippen LogP contribution in [0.4, 0.5) is 4.39 Å². The van der Waals surface area contributed by atoms with E-state index in [0.29, 0.717) is 11.6 Å². The quantitative estimate of drug-likeness (QED) is 0.493. The zero-order chi connectivity index (χ0) is 22.9. The van der Waals surface area contributed by atoms with Gasteiger partial charge in [0, 0.05) is 23.5 Å². The molecule has 6 rings (SSSR count). The number of hydrogen-bond donors (Lipinski definition) is 1. The molecule has 0 bridgehead atoms. The molecule has 1 amide bonds. The molecule has 3 heterocycles. The summed E-state index contributed by atoms with van der Waals surface area (Å²) in [6.07, 6.45) is 3.82. The van der Waals surface area contributed by atoms with E-state index >= 15 is 4.39 Å². The van der Waals surface area contributed by atoms with Gasteiger partial charge in [-0.3, -0.25) is 4.79 Å². The molecule has 3 atom stereocenters. The Morgan fingerprint density at radius 1 is 1.24 bits per heavy atom. The van der Waals surface area contributed by atoms with E-state index in [2.05, 4.69) is 15.2 Å². The first-order valence-corrected chi connectivity index (χ1v) is 11.0. The number of halogens is 2. The molecule has 1 aliphatic heterocycles. The van der Waals surface area contributed by atoms with Crippen LogP contribution in [0, 0.1) is 18.7 Å². The Kier molecular flexibility index (Phi) is 4.45. The minimum Gasteiger partial charge on any atom is -0.494 e. The maximum absolute atomic E-state index is 15.3. The van der Waals surface area contributed by atoms with E-state index in [1.807, 2.05) is 19.1 Å². The lowest BCUT2D eigenvalue weighted by Gasteiger charge is -2.22. The molecule has 8 nitrogen and oxygen atoms in total. The van der Waals surface area contributed by atoms with Gasteiger partial charge in [-0.2, -0.15) is 15.0 Å². The number of aryl methyl sites for hydroxylation is 1. The molecule has 2 aromatic heterocycles. The zero-order valence-corrected chi connectivity index (χ0v) is 18.7. The molecule has 2 aliphatic rings. The van der Waals surface area contributed by atoms with Crippen molar-refractivity contribution in [3.63, 3.8) is 0 Å². The fraction of sp³-hybridized carbons (Fsp3) is 0.304. The smallest absolute Gasteiger partial charge is 0.259 e. The summed E-state index contributed by atoms with van der Waals surface area (Å²) < 4.78 is 20.5. The molecule has 33 heavy (non-hydrogen) atoms. The molecular formula is C23H20ClFN6O2. The summed E-state index contributed by atoms with van der Waals surface area (Å²) in [5.41, 5.74) is 2.86. The van der Waals surface area contributed by atoms with Crippen molar-refractivity contribution in [1.82, 2.24) is 29.9 Å². The zero-order valence-electron chi connectivity index (χ0n) is 17.9. The third-order valence-corrected chi connectivity index (χ3v) is 7.15. The Labute approximate surface area is 193 Å². The van der Waals surface area contributed by atoms with E-state index in [-0.39, 0.29) is 34.9 Å². The lowest BCUT2D eigenvalue weighted by Crippen LogP contribution is -2.34. The number of rotatable bonds is 4. The Balaban J connectivity index is 1.36. The fourth-order valence-corrected chi connectivity index (χ4v) is 5.09. The molecule has 10 heteroatoms. The number of benzene rings is 2. The van der Waals surface area contributed by atoms with E-state index in [1.54, 1.807) is 11.0 Å². The number of imidazole rings is 1. The summed E-state index contributed by atoms with van der Waals surface area (Å²) in [5.74, 6) is 0.0472. The predicted octanol–water partition coefficient (Wildman–Crippen LogP) is 3.88. The van der Waals surface area contributed by atoms with Crippen LogP contribution in [0.25, 0.3) is 16.7 Å². The van der Waals surface area contributed by atoms with Crippen molar-refractivity contribution < 1.29 is 13.9 Å². The van der Waals surface area contributed by atoms with Crippen molar-refractivity contribution >= 4 is 28.5 Å². The Morgan fingerprint density at radius 2 is 2.03 bits per heavy atom. The lowest BCUT2D eigenvalue weighted by molar-refractivity contribution is 0.0758. The number of aromatic amines is 1. The second-order valence-electron chi connectivity index (χ2n) is 8.52. The van der Waals surface area contributed by atoms with Crippen LogP contribution in [0.15, 0.2) is 36.7 Å². The van der Waals surface area contributed by atoms with E-state index in [9.17, 15) is 4.79 Å². The number of nitrogens with zero attached hydrogens (tertiary/aromatic N) is 5. The van der Waals surface area contributed by atoms with Crippen LogP contribution in [0.5, 0.6) is 5.75 Å². The Morgan fingerprint density at radius 3 is 2.79 bits per heavy atom. The second-order valence-corrected chi connectivity index (χ2v) is 8.92. The van der Waals surface area contributed by atoms with Crippen LogP contribution in [-0.2, 0) is 0 Å². The normalized spacial score (nSPS) is 21.5. The van der Waals surface area contributed by atoms with E-state index in [1.165, 1.54) is 30.4 Å². The van der Waals surface area contributed by atoms with Gasteiger partial charge in [0.05, 0.1) is 30.5 Å². The molecular weight excluding hydrogens is 447 g/mol. The number of hydrogen-bond acceptors (Lipinski definition) is 5. The number of carbonyl (C=O) groups is 1. The highest BCUT2D eigenvalue weighted by Gasteiger charge is 2.56. The SMILES string of the molecule is COc1ccc(-n2nccn2)c(C(=O)N2CC(c3nc4c(C)c(Cl)ccc4[nH]3)[C@H]3C[C@@H]32)c1F. The number of methoxy groups -OCH3 is 1. The van der Waals surface area contributed by atoms with Crippen molar-refractivity contribution in [2.24, 2.45) is 5.92 Å². The van der Waals surface area contributed by atoms with Crippen molar-refractivity contribution in [2.45, 2.75) is 25.3 Å². The molecule has 1 saturated heterocycles. The molecule has 0 spiro atoms. The van der Waals surface area contributed by atoms with Gasteiger partial charge in [0.1, 0.15) is 17.1 Å². The minimum absolute atomic E-state index is 0.00184. The molecule has 0 radical (unpaired) electrons. The van der Waals surface area contributed by atoms with Crippen molar-refractivity contribution in [1.29, 1.82) is 0 Å². The average Bonchev–Trinajstić information content (AvgIpc) is 3.19. The van der Waals surface area contributed by atoms with Gasteiger partial charge in [0.25, 0.3) is 5.91 Å². The number of amides is 1. The molecule has 1 aliphatic carbocycles.